The predicted molar refractivity (Wildman–Crippen MR) is 42.5 cm³/mol. The summed E-state index contributed by atoms with van der Waals surface area (Å²) in [4.78, 5) is 0. The second kappa shape index (κ2) is 12.8. The SMILES string of the molecule is Nc1ccccc1.[CH3][Al+2].[Cl-].[Cl-]. The second-order valence-electron chi connectivity index (χ2n) is 1.41. The van der Waals surface area contributed by atoms with Crippen molar-refractivity contribution in [3.63, 3.8) is 0 Å². The number of hydrogen-bond donors (Lipinski definition) is 1. The van der Waals surface area contributed by atoms with Crippen molar-refractivity contribution >= 4 is 22.0 Å². The molecule has 0 saturated carbocycles. The van der Waals surface area contributed by atoms with Gasteiger partial charge in [0.1, 0.15) is 0 Å². The number of halogens is 2. The summed E-state index contributed by atoms with van der Waals surface area (Å²) < 4.78 is 0. The summed E-state index contributed by atoms with van der Waals surface area (Å²) in [6, 6.07) is 9.49. The summed E-state index contributed by atoms with van der Waals surface area (Å²) in [5.41, 5.74) is 6.18. The Hall–Kier alpha value is 0.132. The van der Waals surface area contributed by atoms with E-state index < -0.39 is 0 Å². The van der Waals surface area contributed by atoms with Gasteiger partial charge in [-0.15, -0.1) is 0 Å². The molecule has 0 unspecified atom stereocenters. The summed E-state index contributed by atoms with van der Waals surface area (Å²) in [6.07, 6.45) is 0. The number of anilines is 1. The number of rotatable bonds is 0. The Kier molecular flexibility index (Phi) is 20.1. The molecule has 0 amide bonds. The van der Waals surface area contributed by atoms with Crippen molar-refractivity contribution in [2.75, 3.05) is 5.73 Å². The quantitative estimate of drug-likeness (QED) is 0.336. The molecular weight excluding hydrogens is 196 g/mol. The molecule has 0 aliphatic heterocycles. The zero-order chi connectivity index (χ0) is 7.11. The maximum Gasteiger partial charge on any atom is -1.00 e. The van der Waals surface area contributed by atoms with E-state index in [1.807, 2.05) is 36.1 Å². The first-order chi connectivity index (χ1) is 4.39. The first kappa shape index (κ1) is 17.3. The van der Waals surface area contributed by atoms with Gasteiger partial charge in [-0.1, -0.05) is 18.2 Å². The van der Waals surface area contributed by atoms with E-state index in [0.717, 1.165) is 5.69 Å². The van der Waals surface area contributed by atoms with Crippen LogP contribution in [0.25, 0.3) is 0 Å². The number of hydrogen-bond acceptors (Lipinski definition) is 1. The minimum Gasteiger partial charge on any atom is -1.00 e. The van der Waals surface area contributed by atoms with Crippen molar-refractivity contribution in [1.29, 1.82) is 0 Å². The van der Waals surface area contributed by atoms with Crippen molar-refractivity contribution in [3.8, 4) is 0 Å². The molecule has 0 aliphatic rings. The molecule has 0 heterocycles. The van der Waals surface area contributed by atoms with E-state index in [1.54, 1.807) is 0 Å². The van der Waals surface area contributed by atoms with Gasteiger partial charge in [0.2, 0.25) is 0 Å². The van der Waals surface area contributed by atoms with Crippen LogP contribution in [0.15, 0.2) is 30.3 Å². The van der Waals surface area contributed by atoms with Crippen molar-refractivity contribution in [2.24, 2.45) is 0 Å². The van der Waals surface area contributed by atoms with Gasteiger partial charge in [-0.25, -0.2) is 0 Å². The molecule has 0 saturated heterocycles. The Bertz CT molecular complexity index is 146. The molecule has 1 aromatic rings. The molecule has 1 nitrogen and oxygen atoms in total. The van der Waals surface area contributed by atoms with E-state index in [4.69, 9.17) is 5.73 Å². The fourth-order valence-electron chi connectivity index (χ4n) is 0.453. The average Bonchev–Trinajstić information content (AvgIpc) is 1.94. The van der Waals surface area contributed by atoms with Crippen LogP contribution in [-0.2, 0) is 0 Å². The summed E-state index contributed by atoms with van der Waals surface area (Å²) in [7, 11) is 0. The average molecular weight is 206 g/mol. The molecule has 0 aromatic heterocycles. The smallest absolute Gasteiger partial charge is 1.00 e. The fourth-order valence-corrected chi connectivity index (χ4v) is 0.453. The van der Waals surface area contributed by atoms with E-state index >= 15 is 0 Å². The van der Waals surface area contributed by atoms with E-state index in [-0.39, 0.29) is 24.8 Å². The van der Waals surface area contributed by atoms with Crippen LogP contribution in [-0.4, -0.2) is 16.3 Å². The molecule has 0 spiro atoms. The van der Waals surface area contributed by atoms with Crippen LogP contribution in [0.5, 0.6) is 0 Å². The van der Waals surface area contributed by atoms with Gasteiger partial charge in [0.25, 0.3) is 0 Å². The molecule has 0 radical (unpaired) electrons. The molecule has 1 aromatic carbocycles. The Balaban J connectivity index is -0.000000149. The maximum atomic E-state index is 5.36. The first-order valence-corrected chi connectivity index (χ1v) is 3.93. The summed E-state index contributed by atoms with van der Waals surface area (Å²) in [6.45, 7) is 0. The number of nitrogen functional groups attached to an aromatic ring is 1. The standard InChI is InChI=1S/C6H7N.CH3.Al.2ClH/c7-6-4-2-1-3-5-6;;;;/h1-5H,7H2;1H3;;2*1H/q;;+2;;/p-2. The van der Waals surface area contributed by atoms with Gasteiger partial charge < -0.3 is 30.5 Å². The Morgan fingerprint density at radius 3 is 1.55 bits per heavy atom. The van der Waals surface area contributed by atoms with Gasteiger partial charge in [-0.3, -0.25) is 0 Å². The minimum atomic E-state index is 0. The van der Waals surface area contributed by atoms with E-state index in [2.05, 4.69) is 16.3 Å². The number of benzene rings is 1. The van der Waals surface area contributed by atoms with E-state index in [9.17, 15) is 0 Å². The third-order valence-electron chi connectivity index (χ3n) is 0.800. The van der Waals surface area contributed by atoms with Gasteiger partial charge in [-0.05, 0) is 12.1 Å². The Morgan fingerprint density at radius 1 is 1.00 bits per heavy atom. The van der Waals surface area contributed by atoms with Crippen LogP contribution < -0.4 is 30.5 Å². The molecule has 60 valence electrons. The van der Waals surface area contributed by atoms with Crippen molar-refractivity contribution < 1.29 is 24.8 Å². The van der Waals surface area contributed by atoms with E-state index in [0.29, 0.717) is 0 Å². The normalized spacial score (nSPS) is 6.09. The summed E-state index contributed by atoms with van der Waals surface area (Å²) >= 11 is 2.42. The van der Waals surface area contributed by atoms with Gasteiger partial charge >= 0.3 is 22.1 Å². The maximum absolute atomic E-state index is 5.36. The molecule has 0 atom stereocenters. The molecule has 0 fully saturated rings. The molecule has 1 rings (SSSR count). The molecule has 4 heteroatoms. The van der Waals surface area contributed by atoms with Gasteiger partial charge in [0.15, 0.2) is 0 Å². The third-order valence-corrected chi connectivity index (χ3v) is 0.800. The minimum absolute atomic E-state index is 0. The van der Waals surface area contributed by atoms with Crippen LogP contribution in [0.3, 0.4) is 0 Å². The summed E-state index contributed by atoms with van der Waals surface area (Å²) in [5.74, 6) is 1.92. The predicted octanol–water partition coefficient (Wildman–Crippen LogP) is -4.52. The van der Waals surface area contributed by atoms with Crippen LogP contribution >= 0.6 is 0 Å². The van der Waals surface area contributed by atoms with Gasteiger partial charge in [-0.2, -0.15) is 0 Å². The van der Waals surface area contributed by atoms with Crippen LogP contribution in [0.2, 0.25) is 5.79 Å². The molecular formula is C7H10AlCl2N. The summed E-state index contributed by atoms with van der Waals surface area (Å²) in [5, 5.41) is 0. The molecule has 0 aliphatic carbocycles. The number of para-hydroxylation sites is 1. The first-order valence-electron chi connectivity index (χ1n) is 2.78. The Morgan fingerprint density at radius 2 is 1.36 bits per heavy atom. The molecule has 11 heavy (non-hydrogen) atoms. The second-order valence-corrected chi connectivity index (χ2v) is 1.41. The van der Waals surface area contributed by atoms with Crippen molar-refractivity contribution in [1.82, 2.24) is 0 Å². The fraction of sp³-hybridized carbons (Fsp3) is 0.143. The zero-order valence-electron chi connectivity index (χ0n) is 6.30. The molecule has 0 bridgehead atoms. The topological polar surface area (TPSA) is 26.0 Å². The third kappa shape index (κ3) is 10.1. The molecule has 2 N–H and O–H groups in total. The largest absolute Gasteiger partial charge is 1.00 e. The van der Waals surface area contributed by atoms with Gasteiger partial charge in [0.05, 0.1) is 0 Å². The van der Waals surface area contributed by atoms with Crippen LogP contribution in [0, 0.1) is 0 Å². The van der Waals surface area contributed by atoms with Crippen LogP contribution in [0.1, 0.15) is 0 Å². The Labute approximate surface area is 88.6 Å². The van der Waals surface area contributed by atoms with Crippen molar-refractivity contribution in [2.45, 2.75) is 5.79 Å². The van der Waals surface area contributed by atoms with Gasteiger partial charge in [0, 0.05) is 5.69 Å². The van der Waals surface area contributed by atoms with E-state index in [1.165, 1.54) is 0 Å². The zero-order valence-corrected chi connectivity index (χ0v) is 8.96. The number of nitrogens with two attached hydrogens (primary N) is 1. The monoisotopic (exact) mass is 205 g/mol. The van der Waals surface area contributed by atoms with Crippen molar-refractivity contribution in [3.05, 3.63) is 30.3 Å². The van der Waals surface area contributed by atoms with Crippen LogP contribution in [0.4, 0.5) is 5.69 Å².